The summed E-state index contributed by atoms with van der Waals surface area (Å²) in [6.45, 7) is 3.67. The van der Waals surface area contributed by atoms with Crippen LogP contribution in [0.15, 0.2) is 59.5 Å². The molecule has 0 radical (unpaired) electrons. The lowest BCUT2D eigenvalue weighted by Crippen LogP contribution is -2.17. The van der Waals surface area contributed by atoms with Crippen LogP contribution in [0.1, 0.15) is 18.1 Å². The van der Waals surface area contributed by atoms with Gasteiger partial charge in [0.2, 0.25) is 0 Å². The van der Waals surface area contributed by atoms with E-state index in [4.69, 9.17) is 4.18 Å². The van der Waals surface area contributed by atoms with Crippen LogP contribution in [0.5, 0.6) is 0 Å². The van der Waals surface area contributed by atoms with Crippen LogP contribution >= 0.6 is 0 Å². The summed E-state index contributed by atoms with van der Waals surface area (Å²) in [5.74, 6) is 0. The van der Waals surface area contributed by atoms with Crippen LogP contribution in [0, 0.1) is 6.92 Å². The molecule has 106 valence electrons. The van der Waals surface area contributed by atoms with E-state index in [0.717, 1.165) is 11.1 Å². The van der Waals surface area contributed by atoms with E-state index in [0.29, 0.717) is 6.42 Å². The number of aryl methyl sites for hydroxylation is 1. The minimum atomic E-state index is -3.70. The molecule has 0 aromatic heterocycles. The van der Waals surface area contributed by atoms with E-state index < -0.39 is 16.2 Å². The number of benzene rings is 2. The molecule has 0 aliphatic carbocycles. The smallest absolute Gasteiger partial charge is 0.263 e. The van der Waals surface area contributed by atoms with E-state index in [1.807, 2.05) is 37.3 Å². The Labute approximate surface area is 120 Å². The Morgan fingerprint density at radius 3 is 2.20 bits per heavy atom. The van der Waals surface area contributed by atoms with Gasteiger partial charge < -0.3 is 0 Å². The molecule has 0 fully saturated rings. The van der Waals surface area contributed by atoms with Gasteiger partial charge in [-0.05, 0) is 38.0 Å². The molecule has 0 N–H and O–H groups in total. The largest absolute Gasteiger partial charge is 0.297 e. The molecule has 0 amide bonds. The molecular weight excluding hydrogens is 272 g/mol. The molecule has 0 unspecified atom stereocenters. The highest BCUT2D eigenvalue weighted by atomic mass is 32.2. The fourth-order valence-corrected chi connectivity index (χ4v) is 3.04. The maximum absolute atomic E-state index is 12.1. The maximum atomic E-state index is 12.1. The Morgan fingerprint density at radius 2 is 1.60 bits per heavy atom. The van der Waals surface area contributed by atoms with Crippen LogP contribution in [0.4, 0.5) is 0 Å². The summed E-state index contributed by atoms with van der Waals surface area (Å²) in [7, 11) is -3.70. The second-order valence-corrected chi connectivity index (χ2v) is 6.44. The van der Waals surface area contributed by atoms with E-state index in [1.54, 1.807) is 31.2 Å². The fraction of sp³-hybridized carbons (Fsp3) is 0.250. The molecule has 0 bridgehead atoms. The summed E-state index contributed by atoms with van der Waals surface area (Å²) < 4.78 is 29.5. The zero-order valence-corrected chi connectivity index (χ0v) is 12.4. The molecule has 3 nitrogen and oxygen atoms in total. The molecule has 4 heteroatoms. The average molecular weight is 290 g/mol. The molecule has 1 atom stereocenters. The quantitative estimate of drug-likeness (QED) is 0.793. The predicted octanol–water partition coefficient (Wildman–Crippen LogP) is 3.33. The van der Waals surface area contributed by atoms with E-state index >= 15 is 0 Å². The van der Waals surface area contributed by atoms with Gasteiger partial charge in [0, 0.05) is 0 Å². The molecule has 0 spiro atoms. The second kappa shape index (κ2) is 6.20. The van der Waals surface area contributed by atoms with Crippen LogP contribution in [-0.2, 0) is 20.7 Å². The number of hydrogen-bond donors (Lipinski definition) is 0. The Kier molecular flexibility index (Phi) is 4.57. The average Bonchev–Trinajstić information content (AvgIpc) is 2.39. The van der Waals surface area contributed by atoms with Gasteiger partial charge in [-0.15, -0.1) is 0 Å². The summed E-state index contributed by atoms with van der Waals surface area (Å²) in [5, 5.41) is 0. The van der Waals surface area contributed by atoms with Crippen LogP contribution in [-0.4, -0.2) is 14.5 Å². The molecule has 0 saturated carbocycles. The van der Waals surface area contributed by atoms with E-state index in [1.165, 1.54) is 0 Å². The van der Waals surface area contributed by atoms with E-state index in [-0.39, 0.29) is 4.90 Å². The third kappa shape index (κ3) is 3.92. The zero-order valence-electron chi connectivity index (χ0n) is 11.6. The minimum Gasteiger partial charge on any atom is -0.263 e. The molecule has 0 saturated heterocycles. The Bertz CT molecular complexity index is 646. The highest BCUT2D eigenvalue weighted by molar-refractivity contribution is 7.86. The first-order valence-electron chi connectivity index (χ1n) is 6.51. The lowest BCUT2D eigenvalue weighted by atomic mass is 10.1. The first-order chi connectivity index (χ1) is 9.47. The van der Waals surface area contributed by atoms with Crippen molar-refractivity contribution in [1.82, 2.24) is 0 Å². The molecule has 0 aliphatic heterocycles. The third-order valence-electron chi connectivity index (χ3n) is 2.97. The lowest BCUT2D eigenvalue weighted by molar-refractivity contribution is 0.229. The minimum absolute atomic E-state index is 0.197. The predicted molar refractivity (Wildman–Crippen MR) is 79.1 cm³/mol. The van der Waals surface area contributed by atoms with Gasteiger partial charge in [0.25, 0.3) is 10.1 Å². The van der Waals surface area contributed by atoms with Crippen LogP contribution in [0.25, 0.3) is 0 Å². The van der Waals surface area contributed by atoms with Gasteiger partial charge in [0.05, 0.1) is 11.0 Å². The highest BCUT2D eigenvalue weighted by Crippen LogP contribution is 2.16. The third-order valence-corrected chi connectivity index (χ3v) is 4.40. The Morgan fingerprint density at radius 1 is 1.00 bits per heavy atom. The van der Waals surface area contributed by atoms with Gasteiger partial charge in [-0.25, -0.2) is 0 Å². The van der Waals surface area contributed by atoms with Gasteiger partial charge in [0.15, 0.2) is 0 Å². The van der Waals surface area contributed by atoms with Crippen molar-refractivity contribution >= 4 is 10.1 Å². The van der Waals surface area contributed by atoms with Crippen molar-refractivity contribution in [3.05, 3.63) is 65.7 Å². The van der Waals surface area contributed by atoms with Crippen molar-refractivity contribution in [3.63, 3.8) is 0 Å². The highest BCUT2D eigenvalue weighted by Gasteiger charge is 2.19. The van der Waals surface area contributed by atoms with Gasteiger partial charge in [-0.3, -0.25) is 4.18 Å². The van der Waals surface area contributed by atoms with Crippen molar-refractivity contribution in [2.75, 3.05) is 0 Å². The van der Waals surface area contributed by atoms with E-state index in [2.05, 4.69) is 0 Å². The van der Waals surface area contributed by atoms with Crippen molar-refractivity contribution in [2.24, 2.45) is 0 Å². The first-order valence-corrected chi connectivity index (χ1v) is 7.92. The van der Waals surface area contributed by atoms with Crippen LogP contribution in [0.2, 0.25) is 0 Å². The Hall–Kier alpha value is -1.65. The van der Waals surface area contributed by atoms with Gasteiger partial charge >= 0.3 is 0 Å². The monoisotopic (exact) mass is 290 g/mol. The summed E-state index contributed by atoms with van der Waals surface area (Å²) in [4.78, 5) is 0.197. The van der Waals surface area contributed by atoms with Crippen molar-refractivity contribution in [3.8, 4) is 0 Å². The molecule has 2 aromatic carbocycles. The first kappa shape index (κ1) is 14.8. The zero-order chi connectivity index (χ0) is 14.6. The van der Waals surface area contributed by atoms with E-state index in [9.17, 15) is 8.42 Å². The topological polar surface area (TPSA) is 43.4 Å². The maximum Gasteiger partial charge on any atom is 0.297 e. The van der Waals surface area contributed by atoms with Crippen LogP contribution < -0.4 is 0 Å². The summed E-state index contributed by atoms with van der Waals surface area (Å²) in [6, 6.07) is 16.4. The summed E-state index contributed by atoms with van der Waals surface area (Å²) >= 11 is 0. The normalized spacial score (nSPS) is 13.1. The second-order valence-electron chi connectivity index (χ2n) is 4.86. The molecule has 20 heavy (non-hydrogen) atoms. The molecule has 2 aromatic rings. The fourth-order valence-electron chi connectivity index (χ4n) is 1.96. The van der Waals surface area contributed by atoms with Gasteiger partial charge in [-0.1, -0.05) is 48.0 Å². The molecule has 0 aliphatic rings. The molecule has 0 heterocycles. The van der Waals surface area contributed by atoms with Gasteiger partial charge in [0.1, 0.15) is 0 Å². The van der Waals surface area contributed by atoms with Crippen LogP contribution in [0.3, 0.4) is 0 Å². The van der Waals surface area contributed by atoms with Crippen molar-refractivity contribution in [1.29, 1.82) is 0 Å². The SMILES string of the molecule is Cc1ccc(S(=O)(=O)O[C@H](C)Cc2ccccc2)cc1. The van der Waals surface area contributed by atoms with Crippen molar-refractivity contribution < 1.29 is 12.6 Å². The van der Waals surface area contributed by atoms with Gasteiger partial charge in [-0.2, -0.15) is 8.42 Å². The number of rotatable bonds is 5. The standard InChI is InChI=1S/C16H18O3S/c1-13-8-10-16(11-9-13)20(17,18)19-14(2)12-15-6-4-3-5-7-15/h3-11,14H,12H2,1-2H3/t14-/m1/s1. The molecular formula is C16H18O3S. The lowest BCUT2D eigenvalue weighted by Gasteiger charge is -2.13. The Balaban J connectivity index is 2.06. The van der Waals surface area contributed by atoms with Crippen molar-refractivity contribution in [2.45, 2.75) is 31.3 Å². The summed E-state index contributed by atoms with van der Waals surface area (Å²) in [6.07, 6.45) is 0.162. The summed E-state index contributed by atoms with van der Waals surface area (Å²) in [5.41, 5.74) is 2.07. The number of hydrogen-bond acceptors (Lipinski definition) is 3. The molecule has 2 rings (SSSR count).